The zero-order valence-electron chi connectivity index (χ0n) is 19.6. The second-order valence-electron chi connectivity index (χ2n) is 9.14. The van der Waals surface area contributed by atoms with E-state index in [1.165, 1.54) is 25.7 Å². The van der Waals surface area contributed by atoms with Crippen LogP contribution in [0.1, 0.15) is 37.3 Å². The maximum Gasteiger partial charge on any atom is 0.178 e. The first-order valence-corrected chi connectivity index (χ1v) is 12.1. The number of fused-ring (bicyclic) bond motifs is 1. The summed E-state index contributed by atoms with van der Waals surface area (Å²) in [6.07, 6.45) is 4.92. The van der Waals surface area contributed by atoms with E-state index in [1.54, 1.807) is 7.11 Å². The number of rotatable bonds is 8. The van der Waals surface area contributed by atoms with Crippen molar-refractivity contribution >= 4 is 28.3 Å². The molecule has 0 aliphatic carbocycles. The van der Waals surface area contributed by atoms with Crippen LogP contribution in [0.2, 0.25) is 0 Å². The van der Waals surface area contributed by atoms with E-state index in [2.05, 4.69) is 36.9 Å². The number of hydrogen-bond acceptors (Lipinski definition) is 8. The Hall–Kier alpha value is -2.84. The second kappa shape index (κ2) is 9.97. The predicted molar refractivity (Wildman–Crippen MR) is 131 cm³/mol. The number of aryl methyl sites for hydroxylation is 1. The summed E-state index contributed by atoms with van der Waals surface area (Å²) in [6, 6.07) is 8.08. The molecule has 0 saturated carbocycles. The van der Waals surface area contributed by atoms with Crippen molar-refractivity contribution in [1.82, 2.24) is 20.2 Å². The van der Waals surface area contributed by atoms with Crippen LogP contribution in [-0.4, -0.2) is 54.7 Å². The molecule has 5 rings (SSSR count). The molecule has 3 N–H and O–H groups in total. The zero-order chi connectivity index (χ0) is 22.6. The maximum absolute atomic E-state index is 6.23. The fraction of sp³-hybridized carbons (Fsp3) is 0.520. The summed E-state index contributed by atoms with van der Waals surface area (Å²) in [5.74, 6) is 4.74. The number of ether oxygens (including phenoxy) is 1. The molecule has 0 spiro atoms. The fourth-order valence-electron chi connectivity index (χ4n) is 4.85. The van der Waals surface area contributed by atoms with Gasteiger partial charge in [0, 0.05) is 18.0 Å². The van der Waals surface area contributed by atoms with Gasteiger partial charge in [-0.05, 0) is 82.9 Å². The first-order valence-electron chi connectivity index (χ1n) is 12.1. The molecule has 8 heteroatoms. The predicted octanol–water partition coefficient (Wildman–Crippen LogP) is 4.29. The Labute approximate surface area is 195 Å². The Balaban J connectivity index is 1.36. The smallest absolute Gasteiger partial charge is 0.178 e. The van der Waals surface area contributed by atoms with Gasteiger partial charge < -0.3 is 25.1 Å². The van der Waals surface area contributed by atoms with Gasteiger partial charge in [0.25, 0.3) is 0 Å². The lowest BCUT2D eigenvalue weighted by Crippen LogP contribution is -2.31. The number of aromatic nitrogens is 2. The highest BCUT2D eigenvalue weighted by Crippen LogP contribution is 2.36. The van der Waals surface area contributed by atoms with Crippen LogP contribution in [0.5, 0.6) is 5.75 Å². The molecule has 2 aliphatic rings. The van der Waals surface area contributed by atoms with Gasteiger partial charge in [0.1, 0.15) is 23.2 Å². The van der Waals surface area contributed by atoms with E-state index in [-0.39, 0.29) is 0 Å². The van der Waals surface area contributed by atoms with Crippen molar-refractivity contribution in [2.45, 2.75) is 39.2 Å². The number of methoxy groups -OCH3 is 1. The summed E-state index contributed by atoms with van der Waals surface area (Å²) in [6.45, 7) is 8.15. The van der Waals surface area contributed by atoms with Crippen LogP contribution in [-0.2, 0) is 6.54 Å². The monoisotopic (exact) mass is 450 g/mol. The van der Waals surface area contributed by atoms with E-state index in [9.17, 15) is 0 Å². The van der Waals surface area contributed by atoms with Gasteiger partial charge in [-0.25, -0.2) is 9.97 Å². The summed E-state index contributed by atoms with van der Waals surface area (Å²) in [5.41, 5.74) is 1.72. The molecule has 33 heavy (non-hydrogen) atoms. The van der Waals surface area contributed by atoms with Crippen LogP contribution in [0.3, 0.4) is 0 Å². The summed E-state index contributed by atoms with van der Waals surface area (Å²) in [5, 5.41) is 11.4. The third kappa shape index (κ3) is 5.23. The van der Waals surface area contributed by atoms with Gasteiger partial charge in [-0.2, -0.15) is 0 Å². The van der Waals surface area contributed by atoms with Gasteiger partial charge in [-0.15, -0.1) is 0 Å². The van der Waals surface area contributed by atoms with Crippen molar-refractivity contribution in [2.24, 2.45) is 5.92 Å². The highest BCUT2D eigenvalue weighted by Gasteiger charge is 2.18. The molecule has 0 radical (unpaired) electrons. The van der Waals surface area contributed by atoms with E-state index >= 15 is 0 Å². The van der Waals surface area contributed by atoms with Crippen molar-refractivity contribution in [3.8, 4) is 5.75 Å². The van der Waals surface area contributed by atoms with Gasteiger partial charge >= 0.3 is 0 Å². The van der Waals surface area contributed by atoms with Gasteiger partial charge in [0.2, 0.25) is 0 Å². The average molecular weight is 451 g/mol. The average Bonchev–Trinajstić information content (AvgIpc) is 3.49. The number of nitrogens with zero attached hydrogens (tertiary/aromatic N) is 3. The highest BCUT2D eigenvalue weighted by atomic mass is 16.5. The molecule has 4 heterocycles. The Morgan fingerprint density at radius 1 is 1.12 bits per heavy atom. The molecule has 176 valence electrons. The lowest BCUT2D eigenvalue weighted by Gasteiger charge is -2.23. The molecule has 2 aliphatic heterocycles. The molecule has 2 fully saturated rings. The van der Waals surface area contributed by atoms with Crippen molar-refractivity contribution < 1.29 is 9.15 Å². The molecule has 0 unspecified atom stereocenters. The normalized spacial score (nSPS) is 17.5. The summed E-state index contributed by atoms with van der Waals surface area (Å²) in [4.78, 5) is 11.6. The summed E-state index contributed by atoms with van der Waals surface area (Å²) >= 11 is 0. The highest BCUT2D eigenvalue weighted by molar-refractivity contribution is 5.96. The molecule has 0 amide bonds. The maximum atomic E-state index is 6.23. The molecule has 3 aromatic rings. The third-order valence-electron chi connectivity index (χ3n) is 6.63. The van der Waals surface area contributed by atoms with Gasteiger partial charge in [0.15, 0.2) is 11.3 Å². The molecular formula is C25H34N6O2. The van der Waals surface area contributed by atoms with Crippen LogP contribution in [0, 0.1) is 12.8 Å². The Bertz CT molecular complexity index is 1090. The number of likely N-dealkylation sites (tertiary alicyclic amines) is 1. The van der Waals surface area contributed by atoms with Crippen molar-refractivity contribution in [1.29, 1.82) is 0 Å². The van der Waals surface area contributed by atoms with Crippen LogP contribution < -0.4 is 20.7 Å². The molecule has 0 atom stereocenters. The van der Waals surface area contributed by atoms with Crippen molar-refractivity contribution in [3.05, 3.63) is 35.9 Å². The minimum Gasteiger partial charge on any atom is -0.493 e. The topological polar surface area (TPSA) is 87.5 Å². The molecule has 2 saturated heterocycles. The van der Waals surface area contributed by atoms with Gasteiger partial charge in [0.05, 0.1) is 19.3 Å². The van der Waals surface area contributed by atoms with E-state index in [1.807, 2.05) is 25.1 Å². The lowest BCUT2D eigenvalue weighted by molar-refractivity contribution is 0.300. The Morgan fingerprint density at radius 3 is 2.70 bits per heavy atom. The number of furan rings is 1. The fourth-order valence-corrected chi connectivity index (χ4v) is 4.85. The van der Waals surface area contributed by atoms with E-state index in [0.717, 1.165) is 84.9 Å². The second-order valence-corrected chi connectivity index (χ2v) is 9.14. The standard InChI is InChI=1S/C25H34N6O2/c1-17-28-23(27-15-18-7-9-26-10-8-18)14-24(29-17)30-21-5-6-22(32-2)25-20(21)13-19(33-25)16-31-11-3-4-12-31/h5-6,13-14,18,26H,3-4,7-12,15-16H2,1-2H3,(H2,27,28,29,30). The van der Waals surface area contributed by atoms with E-state index in [4.69, 9.17) is 9.15 Å². The number of anilines is 3. The SMILES string of the molecule is COc1ccc(Nc2cc(NCC3CCNCC3)nc(C)n2)c2cc(CN3CCCC3)oc12. The van der Waals surface area contributed by atoms with Crippen LogP contribution in [0.4, 0.5) is 17.3 Å². The molecule has 0 bridgehead atoms. The minimum absolute atomic E-state index is 0.680. The molecule has 8 nitrogen and oxygen atoms in total. The van der Waals surface area contributed by atoms with Gasteiger partial charge in [-0.1, -0.05) is 0 Å². The summed E-state index contributed by atoms with van der Waals surface area (Å²) < 4.78 is 11.8. The van der Waals surface area contributed by atoms with Crippen LogP contribution in [0.25, 0.3) is 11.0 Å². The zero-order valence-corrected chi connectivity index (χ0v) is 19.6. The summed E-state index contributed by atoms with van der Waals surface area (Å²) in [7, 11) is 1.68. The number of nitrogens with one attached hydrogen (secondary N) is 3. The molecule has 2 aromatic heterocycles. The Kier molecular flexibility index (Phi) is 6.64. The van der Waals surface area contributed by atoms with Crippen LogP contribution >= 0.6 is 0 Å². The third-order valence-corrected chi connectivity index (χ3v) is 6.63. The Morgan fingerprint density at radius 2 is 1.91 bits per heavy atom. The number of hydrogen-bond donors (Lipinski definition) is 3. The molecule has 1 aromatic carbocycles. The number of benzene rings is 1. The quantitative estimate of drug-likeness (QED) is 0.469. The first-order chi connectivity index (χ1) is 16.2. The lowest BCUT2D eigenvalue weighted by atomic mass is 9.98. The van der Waals surface area contributed by atoms with E-state index < -0.39 is 0 Å². The van der Waals surface area contributed by atoms with Crippen molar-refractivity contribution in [3.63, 3.8) is 0 Å². The van der Waals surface area contributed by atoms with Crippen LogP contribution in [0.15, 0.2) is 28.7 Å². The number of piperidine rings is 1. The first kappa shape index (κ1) is 22.0. The van der Waals surface area contributed by atoms with Gasteiger partial charge in [-0.3, -0.25) is 4.90 Å². The van der Waals surface area contributed by atoms with E-state index in [0.29, 0.717) is 5.92 Å². The molecular weight excluding hydrogens is 416 g/mol. The van der Waals surface area contributed by atoms with Crippen molar-refractivity contribution in [2.75, 3.05) is 50.5 Å². The largest absolute Gasteiger partial charge is 0.493 e. The minimum atomic E-state index is 0.680.